The first-order valence-electron chi connectivity index (χ1n) is 39.2. The summed E-state index contributed by atoms with van der Waals surface area (Å²) in [5.74, 6) is 0.847. The summed E-state index contributed by atoms with van der Waals surface area (Å²) in [5.41, 5.74) is 0. The highest BCUT2D eigenvalue weighted by Gasteiger charge is 2.30. The first kappa shape index (κ1) is 93.1. The topological polar surface area (TPSA) is 237 Å². The highest BCUT2D eigenvalue weighted by Crippen LogP contribution is 2.45. The van der Waals surface area contributed by atoms with Crippen molar-refractivity contribution in [2.75, 3.05) is 39.6 Å². The molecule has 95 heavy (non-hydrogen) atoms. The minimum absolute atomic E-state index is 0.101. The zero-order chi connectivity index (χ0) is 70.3. The van der Waals surface area contributed by atoms with E-state index in [2.05, 4.69) is 55.4 Å². The highest BCUT2D eigenvalue weighted by molar-refractivity contribution is 7.47. The van der Waals surface area contributed by atoms with E-state index >= 15 is 0 Å². The van der Waals surface area contributed by atoms with Crippen molar-refractivity contribution in [1.29, 1.82) is 0 Å². The molecule has 19 heteroatoms. The van der Waals surface area contributed by atoms with Gasteiger partial charge in [0.15, 0.2) is 12.2 Å². The van der Waals surface area contributed by atoms with E-state index in [1.807, 2.05) is 0 Å². The number of phosphoric ester groups is 2. The Labute approximate surface area is 581 Å². The molecule has 0 saturated heterocycles. The van der Waals surface area contributed by atoms with Crippen LogP contribution in [0.15, 0.2) is 0 Å². The fourth-order valence-corrected chi connectivity index (χ4v) is 13.1. The van der Waals surface area contributed by atoms with E-state index in [-0.39, 0.29) is 25.7 Å². The summed E-state index contributed by atoms with van der Waals surface area (Å²) in [7, 11) is -9.91. The predicted octanol–water partition coefficient (Wildman–Crippen LogP) is 22.0. The van der Waals surface area contributed by atoms with E-state index < -0.39 is 97.5 Å². The predicted molar refractivity (Wildman–Crippen MR) is 386 cm³/mol. The molecule has 0 heterocycles. The monoisotopic (exact) mass is 1400 g/mol. The van der Waals surface area contributed by atoms with Crippen LogP contribution in [0.1, 0.15) is 383 Å². The van der Waals surface area contributed by atoms with E-state index in [0.717, 1.165) is 108 Å². The van der Waals surface area contributed by atoms with Gasteiger partial charge in [0.1, 0.15) is 19.3 Å². The minimum Gasteiger partial charge on any atom is -0.462 e. The Balaban J connectivity index is 5.17. The number of ether oxygens (including phenoxy) is 4. The van der Waals surface area contributed by atoms with E-state index in [4.69, 9.17) is 37.0 Å². The second-order valence-corrected chi connectivity index (χ2v) is 32.2. The van der Waals surface area contributed by atoms with E-state index in [0.29, 0.717) is 37.5 Å². The van der Waals surface area contributed by atoms with Crippen LogP contribution in [0.2, 0.25) is 0 Å². The number of hydrogen-bond acceptors (Lipinski definition) is 15. The van der Waals surface area contributed by atoms with Crippen LogP contribution in [0.4, 0.5) is 0 Å². The number of esters is 4. The molecule has 0 aliphatic rings. The van der Waals surface area contributed by atoms with Gasteiger partial charge in [0.25, 0.3) is 0 Å². The van der Waals surface area contributed by atoms with Crippen LogP contribution in [0.5, 0.6) is 0 Å². The van der Waals surface area contributed by atoms with Gasteiger partial charge >= 0.3 is 39.5 Å². The lowest BCUT2D eigenvalue weighted by Gasteiger charge is -2.21. The van der Waals surface area contributed by atoms with Crippen LogP contribution in [0, 0.1) is 23.7 Å². The van der Waals surface area contributed by atoms with Gasteiger partial charge in [0.05, 0.1) is 26.4 Å². The summed E-state index contributed by atoms with van der Waals surface area (Å²) < 4.78 is 68.4. The van der Waals surface area contributed by atoms with Gasteiger partial charge in [-0.15, -0.1) is 0 Å². The van der Waals surface area contributed by atoms with Crippen LogP contribution >= 0.6 is 15.6 Å². The number of hydrogen-bond donors (Lipinski definition) is 3. The fraction of sp³-hybridized carbons (Fsp3) is 0.947. The highest BCUT2D eigenvalue weighted by atomic mass is 31.2. The number of carbonyl (C=O) groups is 4. The Morgan fingerprint density at radius 3 is 0.653 bits per heavy atom. The summed E-state index contributed by atoms with van der Waals surface area (Å²) in [6.45, 7) is 14.1. The molecule has 0 aliphatic heterocycles. The van der Waals surface area contributed by atoms with Crippen LogP contribution in [-0.2, 0) is 65.4 Å². The molecule has 0 fully saturated rings. The van der Waals surface area contributed by atoms with Gasteiger partial charge < -0.3 is 33.8 Å². The van der Waals surface area contributed by atoms with Gasteiger partial charge in [-0.25, -0.2) is 9.13 Å². The molecule has 0 aliphatic carbocycles. The van der Waals surface area contributed by atoms with Crippen molar-refractivity contribution >= 4 is 39.5 Å². The van der Waals surface area contributed by atoms with Crippen LogP contribution < -0.4 is 0 Å². The smallest absolute Gasteiger partial charge is 0.462 e. The van der Waals surface area contributed by atoms with Crippen molar-refractivity contribution in [1.82, 2.24) is 0 Å². The maximum absolute atomic E-state index is 13.1. The molecule has 0 amide bonds. The number of carbonyl (C=O) groups excluding carboxylic acids is 4. The zero-order valence-electron chi connectivity index (χ0n) is 62.3. The van der Waals surface area contributed by atoms with Crippen molar-refractivity contribution in [2.45, 2.75) is 401 Å². The van der Waals surface area contributed by atoms with Gasteiger partial charge in [-0.1, -0.05) is 331 Å². The average Bonchev–Trinajstić information content (AvgIpc) is 2.09. The molecular formula is C76H148O17P2. The third-order valence-electron chi connectivity index (χ3n) is 17.6. The number of rotatable bonds is 73. The maximum atomic E-state index is 13.1. The molecule has 0 radical (unpaired) electrons. The SMILES string of the molecule is CC(C)CCCCCCCCCCCCCCCCCCCCC(=O)OC[C@H](COP(=O)(O)OCC(O)COP(=O)(O)OC[C@@H](COC(=O)CCCCCCCCCC(C)C)OC(=O)CCCCCCCCC(C)C)OC(=O)CCCCCCCCCCCCCCC(C)C. The Morgan fingerprint density at radius 1 is 0.263 bits per heavy atom. The third-order valence-corrected chi connectivity index (χ3v) is 19.5. The molecular weight excluding hydrogens is 1250 g/mol. The van der Waals surface area contributed by atoms with Gasteiger partial charge in [-0.2, -0.15) is 0 Å². The molecule has 0 aromatic rings. The molecule has 17 nitrogen and oxygen atoms in total. The summed E-state index contributed by atoms with van der Waals surface area (Å²) in [5, 5.41) is 10.6. The van der Waals surface area contributed by atoms with Crippen molar-refractivity contribution < 1.29 is 80.2 Å². The molecule has 3 N–H and O–H groups in total. The number of unbranched alkanes of at least 4 members (excludes halogenated alkanes) is 39. The Bertz CT molecular complexity index is 1870. The molecule has 0 spiro atoms. The molecule has 0 aromatic heterocycles. The quantitative estimate of drug-likeness (QED) is 0.0222. The summed E-state index contributed by atoms with van der Waals surface area (Å²) in [6.07, 6.45) is 50.4. The van der Waals surface area contributed by atoms with Gasteiger partial charge in [-0.05, 0) is 49.4 Å². The molecule has 0 bridgehead atoms. The van der Waals surface area contributed by atoms with Crippen molar-refractivity contribution in [3.8, 4) is 0 Å². The third kappa shape index (κ3) is 70.3. The Morgan fingerprint density at radius 2 is 0.442 bits per heavy atom. The Kier molecular flexibility index (Phi) is 64.0. The number of phosphoric acid groups is 2. The molecule has 0 aromatic carbocycles. The summed E-state index contributed by atoms with van der Waals surface area (Å²) >= 11 is 0. The summed E-state index contributed by atoms with van der Waals surface area (Å²) in [6, 6.07) is 0. The molecule has 5 atom stereocenters. The molecule has 564 valence electrons. The molecule has 0 rings (SSSR count). The van der Waals surface area contributed by atoms with Crippen LogP contribution in [0.3, 0.4) is 0 Å². The first-order valence-corrected chi connectivity index (χ1v) is 42.2. The maximum Gasteiger partial charge on any atom is 0.472 e. The van der Waals surface area contributed by atoms with E-state index in [1.165, 1.54) is 180 Å². The zero-order valence-corrected chi connectivity index (χ0v) is 64.1. The van der Waals surface area contributed by atoms with Gasteiger partial charge in [0.2, 0.25) is 0 Å². The van der Waals surface area contributed by atoms with Crippen molar-refractivity contribution in [3.05, 3.63) is 0 Å². The van der Waals surface area contributed by atoms with Crippen molar-refractivity contribution in [3.63, 3.8) is 0 Å². The first-order chi connectivity index (χ1) is 45.6. The van der Waals surface area contributed by atoms with Crippen molar-refractivity contribution in [2.24, 2.45) is 23.7 Å². The van der Waals surface area contributed by atoms with Gasteiger partial charge in [-0.3, -0.25) is 37.3 Å². The second kappa shape index (κ2) is 65.4. The van der Waals surface area contributed by atoms with E-state index in [9.17, 15) is 43.2 Å². The minimum atomic E-state index is -4.96. The lowest BCUT2D eigenvalue weighted by Crippen LogP contribution is -2.30. The Hall–Kier alpha value is -1.94. The lowest BCUT2D eigenvalue weighted by atomic mass is 10.0. The number of aliphatic hydroxyl groups is 1. The largest absolute Gasteiger partial charge is 0.472 e. The lowest BCUT2D eigenvalue weighted by molar-refractivity contribution is -0.161. The summed E-state index contributed by atoms with van der Waals surface area (Å²) in [4.78, 5) is 72.7. The fourth-order valence-electron chi connectivity index (χ4n) is 11.6. The average molecular weight is 1400 g/mol. The van der Waals surface area contributed by atoms with Crippen LogP contribution in [-0.4, -0.2) is 96.7 Å². The second-order valence-electron chi connectivity index (χ2n) is 29.3. The van der Waals surface area contributed by atoms with E-state index in [1.54, 1.807) is 0 Å². The normalized spacial score (nSPS) is 14.1. The van der Waals surface area contributed by atoms with Crippen LogP contribution in [0.25, 0.3) is 0 Å². The number of aliphatic hydroxyl groups excluding tert-OH is 1. The standard InChI is InChI=1S/C76H148O17P2/c1-66(2)52-44-36-28-23-19-15-13-11-9-10-12-14-16-21-25-31-40-48-56-73(78)86-62-71(92-75(80)58-50-42-32-26-22-18-17-20-24-29-37-45-53-67(3)4)64-90-94(82,83)88-60-70(77)61-89-95(84,85)91-65-72(93-76(81)59-51-43-35-34-39-47-55-69(7)8)63-87-74(79)57-49-41-33-27-30-38-46-54-68(5)6/h66-72,77H,9-65H2,1-8H3,(H,82,83)(H,84,85)/t70?,71-,72-/m1/s1. The van der Waals surface area contributed by atoms with Gasteiger partial charge in [0, 0.05) is 25.7 Å². The molecule has 3 unspecified atom stereocenters. The molecule has 0 saturated carbocycles.